The quantitative estimate of drug-likeness (QED) is 0.539. The van der Waals surface area contributed by atoms with Gasteiger partial charge in [-0.1, -0.05) is 11.8 Å². The van der Waals surface area contributed by atoms with Gasteiger partial charge in [-0.2, -0.15) is 0 Å². The van der Waals surface area contributed by atoms with Crippen molar-refractivity contribution >= 4 is 39.6 Å². The van der Waals surface area contributed by atoms with E-state index in [9.17, 15) is 10.1 Å². The Morgan fingerprint density at radius 3 is 2.85 bits per heavy atom. The van der Waals surface area contributed by atoms with Gasteiger partial charge in [0.25, 0.3) is 5.69 Å². The molecule has 0 aliphatic rings. The number of non-ortho nitro benzene ring substituents is 1. The average molecular weight is 303 g/mol. The van der Waals surface area contributed by atoms with Gasteiger partial charge < -0.3 is 0 Å². The molecule has 0 spiro atoms. The third-order valence-electron chi connectivity index (χ3n) is 2.75. The van der Waals surface area contributed by atoms with Gasteiger partial charge >= 0.3 is 0 Å². The van der Waals surface area contributed by atoms with E-state index in [2.05, 4.69) is 9.97 Å². The first-order valence-corrected chi connectivity index (χ1v) is 7.46. The van der Waals surface area contributed by atoms with Crippen molar-refractivity contribution in [3.8, 4) is 0 Å². The lowest BCUT2D eigenvalue weighted by Crippen LogP contribution is -1.91. The molecular formula is C13H9N3O2S2. The van der Waals surface area contributed by atoms with E-state index < -0.39 is 0 Å². The van der Waals surface area contributed by atoms with Crippen molar-refractivity contribution in [2.75, 3.05) is 0 Å². The summed E-state index contributed by atoms with van der Waals surface area (Å²) in [6, 6.07) is 5.08. The van der Waals surface area contributed by atoms with Crippen LogP contribution in [0.2, 0.25) is 0 Å². The maximum atomic E-state index is 11.0. The second-order valence-electron chi connectivity index (χ2n) is 4.12. The average Bonchev–Trinajstić information content (AvgIpc) is 2.84. The number of nitro benzene ring substituents is 1. The van der Waals surface area contributed by atoms with Crippen molar-refractivity contribution in [2.24, 2.45) is 0 Å². The number of nitro groups is 1. The molecule has 0 amide bonds. The van der Waals surface area contributed by atoms with Gasteiger partial charge in [-0.15, -0.1) is 11.3 Å². The highest BCUT2D eigenvalue weighted by atomic mass is 32.2. The van der Waals surface area contributed by atoms with Gasteiger partial charge in [-0.25, -0.2) is 4.98 Å². The highest BCUT2D eigenvalue weighted by Gasteiger charge is 2.15. The van der Waals surface area contributed by atoms with Crippen molar-refractivity contribution in [1.29, 1.82) is 0 Å². The van der Waals surface area contributed by atoms with Gasteiger partial charge in [0.2, 0.25) is 0 Å². The second kappa shape index (κ2) is 5.18. The molecule has 0 bridgehead atoms. The molecule has 0 radical (unpaired) electrons. The highest BCUT2D eigenvalue weighted by Crippen LogP contribution is 2.37. The highest BCUT2D eigenvalue weighted by molar-refractivity contribution is 8.01. The molecule has 0 saturated carbocycles. The smallest absolute Gasteiger partial charge is 0.264 e. The Balaban J connectivity index is 2.12. The Morgan fingerprint density at radius 1 is 1.30 bits per heavy atom. The number of aryl methyl sites for hydroxylation is 1. The zero-order chi connectivity index (χ0) is 14.1. The van der Waals surface area contributed by atoms with Crippen LogP contribution in [0, 0.1) is 17.0 Å². The molecule has 7 heteroatoms. The summed E-state index contributed by atoms with van der Waals surface area (Å²) in [5.41, 5.74) is 1.05. The molecule has 3 aromatic rings. The summed E-state index contributed by atoms with van der Waals surface area (Å²) >= 11 is 3.08. The third-order valence-corrected chi connectivity index (χ3v) is 4.88. The van der Waals surface area contributed by atoms with E-state index in [1.54, 1.807) is 29.7 Å². The van der Waals surface area contributed by atoms with Gasteiger partial charge in [-0.3, -0.25) is 15.1 Å². The summed E-state index contributed by atoms with van der Waals surface area (Å²) in [5.74, 6) is 0. The Hall–Kier alpha value is -1.99. The van der Waals surface area contributed by atoms with Crippen LogP contribution in [-0.2, 0) is 0 Å². The summed E-state index contributed by atoms with van der Waals surface area (Å²) in [5, 5.41) is 14.4. The van der Waals surface area contributed by atoms with E-state index in [-0.39, 0.29) is 10.6 Å². The van der Waals surface area contributed by atoms with Crippen molar-refractivity contribution in [2.45, 2.75) is 16.2 Å². The minimum atomic E-state index is -0.383. The molecular weight excluding hydrogens is 294 g/mol. The summed E-state index contributed by atoms with van der Waals surface area (Å²) in [6.07, 6.45) is 3.17. The second-order valence-corrected chi connectivity index (χ2v) is 6.27. The summed E-state index contributed by atoms with van der Waals surface area (Å²) in [4.78, 5) is 20.0. The Labute approximate surface area is 122 Å². The molecule has 2 heterocycles. The lowest BCUT2D eigenvalue weighted by atomic mass is 10.1. The number of benzene rings is 1. The number of hydrogen-bond acceptors (Lipinski definition) is 6. The molecule has 1 aromatic carbocycles. The number of hydrogen-bond donors (Lipinski definition) is 0. The van der Waals surface area contributed by atoms with Crippen LogP contribution >= 0.6 is 23.1 Å². The van der Waals surface area contributed by atoms with Crippen molar-refractivity contribution < 1.29 is 4.92 Å². The summed E-state index contributed by atoms with van der Waals surface area (Å²) < 4.78 is 0.925. The van der Waals surface area contributed by atoms with Gasteiger partial charge in [0, 0.05) is 39.8 Å². The fourth-order valence-corrected chi connectivity index (χ4v) is 3.80. The van der Waals surface area contributed by atoms with E-state index in [4.69, 9.17) is 0 Å². The minimum absolute atomic E-state index is 0.0766. The molecule has 0 unspecified atom stereocenters. The molecule has 0 fully saturated rings. The van der Waals surface area contributed by atoms with Crippen molar-refractivity contribution in [3.05, 3.63) is 51.8 Å². The first kappa shape index (κ1) is 13.0. The van der Waals surface area contributed by atoms with Crippen LogP contribution in [0.1, 0.15) is 5.69 Å². The molecule has 5 nitrogen and oxygen atoms in total. The summed E-state index contributed by atoms with van der Waals surface area (Å²) in [6.45, 7) is 1.94. The summed E-state index contributed by atoms with van der Waals surface area (Å²) in [7, 11) is 0. The maximum Gasteiger partial charge on any atom is 0.278 e. The normalized spacial score (nSPS) is 10.8. The van der Waals surface area contributed by atoms with E-state index in [1.807, 2.05) is 12.3 Å². The largest absolute Gasteiger partial charge is 0.278 e. The van der Waals surface area contributed by atoms with Crippen molar-refractivity contribution in [1.82, 2.24) is 9.97 Å². The Morgan fingerprint density at radius 2 is 2.15 bits per heavy atom. The van der Waals surface area contributed by atoms with Gasteiger partial charge in [-0.05, 0) is 19.1 Å². The monoisotopic (exact) mass is 303 g/mol. The topological polar surface area (TPSA) is 68.9 Å². The molecule has 0 aliphatic heterocycles. The number of pyridine rings is 1. The van der Waals surface area contributed by atoms with Crippen LogP contribution in [0.4, 0.5) is 5.69 Å². The number of thiazole rings is 1. The van der Waals surface area contributed by atoms with Gasteiger partial charge in [0.05, 0.1) is 10.3 Å². The molecule has 100 valence electrons. The van der Waals surface area contributed by atoms with Crippen LogP contribution in [0.15, 0.2) is 45.2 Å². The molecule has 3 rings (SSSR count). The van der Waals surface area contributed by atoms with Crippen LogP contribution in [0.25, 0.3) is 10.8 Å². The van der Waals surface area contributed by atoms with Crippen LogP contribution in [0.5, 0.6) is 0 Å². The number of nitrogens with zero attached hydrogens (tertiary/aromatic N) is 3. The van der Waals surface area contributed by atoms with E-state index in [1.165, 1.54) is 24.0 Å². The maximum absolute atomic E-state index is 11.0. The Kier molecular flexibility index (Phi) is 3.37. The standard InChI is InChI=1S/C13H9N3O2S2/c1-8-7-19-13(15-8)20-12-3-2-11(16(17)18)10-6-14-5-4-9(10)12/h2-7H,1H3. The number of rotatable bonds is 3. The predicted molar refractivity (Wildman–Crippen MR) is 79.4 cm³/mol. The number of aromatic nitrogens is 2. The van der Waals surface area contributed by atoms with Crippen LogP contribution < -0.4 is 0 Å². The van der Waals surface area contributed by atoms with E-state index in [0.717, 1.165) is 20.3 Å². The first-order valence-electron chi connectivity index (χ1n) is 5.76. The zero-order valence-corrected chi connectivity index (χ0v) is 12.1. The molecule has 0 saturated heterocycles. The fraction of sp³-hybridized carbons (Fsp3) is 0.0769. The zero-order valence-electron chi connectivity index (χ0n) is 10.4. The molecule has 0 aliphatic carbocycles. The van der Waals surface area contributed by atoms with Gasteiger partial charge in [0.15, 0.2) is 4.34 Å². The molecule has 0 atom stereocenters. The van der Waals surface area contributed by atoms with E-state index >= 15 is 0 Å². The predicted octanol–water partition coefficient (Wildman–Crippen LogP) is 4.06. The van der Waals surface area contributed by atoms with E-state index in [0.29, 0.717) is 5.39 Å². The van der Waals surface area contributed by atoms with Crippen LogP contribution in [0.3, 0.4) is 0 Å². The molecule has 0 N–H and O–H groups in total. The lowest BCUT2D eigenvalue weighted by molar-refractivity contribution is -0.383. The van der Waals surface area contributed by atoms with Crippen LogP contribution in [-0.4, -0.2) is 14.9 Å². The van der Waals surface area contributed by atoms with Crippen molar-refractivity contribution in [3.63, 3.8) is 0 Å². The fourth-order valence-electron chi connectivity index (χ4n) is 1.87. The minimum Gasteiger partial charge on any atom is -0.264 e. The molecule has 2 aromatic heterocycles. The lowest BCUT2D eigenvalue weighted by Gasteiger charge is -2.04. The Bertz CT molecular complexity index is 801. The molecule has 20 heavy (non-hydrogen) atoms. The van der Waals surface area contributed by atoms with Gasteiger partial charge in [0.1, 0.15) is 0 Å². The third kappa shape index (κ3) is 2.37. The number of fused-ring (bicyclic) bond motifs is 1. The first-order chi connectivity index (χ1) is 9.65. The SMILES string of the molecule is Cc1csc(Sc2ccc([N+](=O)[O-])c3cnccc23)n1.